The van der Waals surface area contributed by atoms with E-state index in [1.54, 1.807) is 26.0 Å². The molecule has 0 saturated carbocycles. The van der Waals surface area contributed by atoms with Crippen molar-refractivity contribution in [2.45, 2.75) is 25.3 Å². The maximum Gasteiger partial charge on any atom is 0.339 e. The van der Waals surface area contributed by atoms with E-state index in [9.17, 15) is 18.0 Å². The number of benzene rings is 3. The smallest absolute Gasteiger partial charge is 0.339 e. The first kappa shape index (κ1) is 23.0. The lowest BCUT2D eigenvalue weighted by Crippen LogP contribution is -2.28. The van der Waals surface area contributed by atoms with Crippen LogP contribution in [0.2, 0.25) is 0 Å². The fourth-order valence-corrected chi connectivity index (χ4v) is 4.10. The lowest BCUT2D eigenvalue weighted by Gasteiger charge is -2.10. The third-order valence-corrected chi connectivity index (χ3v) is 5.97. The summed E-state index contributed by atoms with van der Waals surface area (Å²) in [6.07, 6.45) is 0. The molecule has 0 spiro atoms. The molecule has 0 aliphatic rings. The molecule has 3 aromatic carbocycles. The van der Waals surface area contributed by atoms with Crippen LogP contribution in [0.15, 0.2) is 77.7 Å². The van der Waals surface area contributed by atoms with Crippen molar-refractivity contribution in [2.24, 2.45) is 0 Å². The van der Waals surface area contributed by atoms with Gasteiger partial charge in [-0.15, -0.1) is 0 Å². The van der Waals surface area contributed by atoms with Crippen LogP contribution >= 0.6 is 0 Å². The minimum atomic E-state index is -4.02. The molecular formula is C24H23NO6S. The Morgan fingerprint density at radius 1 is 0.906 bits per heavy atom. The van der Waals surface area contributed by atoms with Gasteiger partial charge in [-0.05, 0) is 60.9 Å². The third-order valence-electron chi connectivity index (χ3n) is 4.58. The largest absolute Gasteiger partial charge is 0.452 e. The molecular weight excluding hydrogens is 430 g/mol. The first-order valence-electron chi connectivity index (χ1n) is 9.84. The average molecular weight is 454 g/mol. The van der Waals surface area contributed by atoms with Crippen LogP contribution in [0.5, 0.6) is 5.75 Å². The van der Waals surface area contributed by atoms with Crippen LogP contribution in [-0.4, -0.2) is 26.9 Å². The average Bonchev–Trinajstić information content (AvgIpc) is 2.78. The van der Waals surface area contributed by atoms with E-state index in [2.05, 4.69) is 5.32 Å². The van der Waals surface area contributed by atoms with Crippen LogP contribution in [0.1, 0.15) is 27.0 Å². The Kier molecular flexibility index (Phi) is 7.27. The summed E-state index contributed by atoms with van der Waals surface area (Å²) < 4.78 is 35.3. The second kappa shape index (κ2) is 10.1. The molecule has 0 saturated heterocycles. The number of carbonyl (C=O) groups excluding carboxylic acids is 2. The summed E-state index contributed by atoms with van der Waals surface area (Å²) in [6.45, 7) is 3.38. The lowest BCUT2D eigenvalue weighted by atomic mass is 10.2. The van der Waals surface area contributed by atoms with Crippen molar-refractivity contribution in [2.75, 3.05) is 6.61 Å². The quantitative estimate of drug-likeness (QED) is 0.414. The van der Waals surface area contributed by atoms with Crippen molar-refractivity contribution in [1.29, 1.82) is 0 Å². The van der Waals surface area contributed by atoms with Crippen LogP contribution in [0.3, 0.4) is 0 Å². The third kappa shape index (κ3) is 6.18. The topological polar surface area (TPSA) is 98.8 Å². The molecule has 0 aliphatic heterocycles. The highest BCUT2D eigenvalue weighted by molar-refractivity contribution is 7.87. The number of amides is 1. The normalized spacial score (nSPS) is 10.9. The molecule has 0 heterocycles. The van der Waals surface area contributed by atoms with Crippen molar-refractivity contribution in [3.05, 3.63) is 95.1 Å². The Bertz CT molecular complexity index is 1200. The number of carbonyl (C=O) groups is 2. The van der Waals surface area contributed by atoms with Gasteiger partial charge in [0.15, 0.2) is 6.61 Å². The number of aryl methyl sites for hydroxylation is 2. The number of hydrogen-bond acceptors (Lipinski definition) is 6. The summed E-state index contributed by atoms with van der Waals surface area (Å²) in [4.78, 5) is 24.1. The van der Waals surface area contributed by atoms with Crippen molar-refractivity contribution < 1.29 is 26.9 Å². The van der Waals surface area contributed by atoms with E-state index in [0.717, 1.165) is 11.1 Å². The first-order valence-corrected chi connectivity index (χ1v) is 11.2. The minimum Gasteiger partial charge on any atom is -0.452 e. The van der Waals surface area contributed by atoms with Crippen LogP contribution in [0.4, 0.5) is 0 Å². The van der Waals surface area contributed by atoms with Gasteiger partial charge in [-0.1, -0.05) is 42.5 Å². The summed E-state index contributed by atoms with van der Waals surface area (Å²) in [7, 11) is -4.02. The molecule has 1 amide bonds. The van der Waals surface area contributed by atoms with Crippen molar-refractivity contribution in [3.63, 3.8) is 0 Å². The zero-order valence-electron chi connectivity index (χ0n) is 17.7. The molecule has 1 N–H and O–H groups in total. The van der Waals surface area contributed by atoms with Gasteiger partial charge in [-0.2, -0.15) is 8.42 Å². The van der Waals surface area contributed by atoms with Crippen LogP contribution in [0.25, 0.3) is 0 Å². The summed E-state index contributed by atoms with van der Waals surface area (Å²) >= 11 is 0. The van der Waals surface area contributed by atoms with Gasteiger partial charge in [0.2, 0.25) is 0 Å². The van der Waals surface area contributed by atoms with Gasteiger partial charge >= 0.3 is 16.1 Å². The molecule has 0 fully saturated rings. The Hall–Kier alpha value is -3.65. The number of esters is 1. The van der Waals surface area contributed by atoms with Gasteiger partial charge in [0, 0.05) is 6.54 Å². The van der Waals surface area contributed by atoms with E-state index in [4.69, 9.17) is 8.92 Å². The van der Waals surface area contributed by atoms with E-state index < -0.39 is 28.6 Å². The standard InChI is InChI=1S/C24H23NO6S/c1-17-8-9-18(2)22(14-17)32(28,29)31-21-12-10-20(11-13-21)24(27)30-16-23(26)25-15-19-6-4-3-5-7-19/h3-14H,15-16H2,1-2H3,(H,25,26). The maximum absolute atomic E-state index is 12.6. The second-order valence-electron chi connectivity index (χ2n) is 7.17. The number of ether oxygens (including phenoxy) is 1. The fourth-order valence-electron chi connectivity index (χ4n) is 2.86. The van der Waals surface area contributed by atoms with E-state index in [1.165, 1.54) is 24.3 Å². The maximum atomic E-state index is 12.6. The highest BCUT2D eigenvalue weighted by Crippen LogP contribution is 2.23. The van der Waals surface area contributed by atoms with Gasteiger partial charge < -0.3 is 14.2 Å². The summed E-state index contributed by atoms with van der Waals surface area (Å²) in [5, 5.41) is 2.66. The molecule has 32 heavy (non-hydrogen) atoms. The molecule has 0 aromatic heterocycles. The van der Waals surface area contributed by atoms with Crippen molar-refractivity contribution in [1.82, 2.24) is 5.32 Å². The van der Waals surface area contributed by atoms with Crippen LogP contribution in [-0.2, 0) is 26.2 Å². The van der Waals surface area contributed by atoms with Gasteiger partial charge in [0.25, 0.3) is 5.91 Å². The summed E-state index contributed by atoms with van der Waals surface area (Å²) in [6, 6.07) is 19.9. The monoisotopic (exact) mass is 453 g/mol. The Balaban J connectivity index is 1.55. The molecule has 3 aromatic rings. The van der Waals surface area contributed by atoms with Gasteiger partial charge in [0.05, 0.1) is 5.56 Å². The van der Waals surface area contributed by atoms with Gasteiger partial charge in [-0.3, -0.25) is 4.79 Å². The fraction of sp³-hybridized carbons (Fsp3) is 0.167. The second-order valence-corrected chi connectivity index (χ2v) is 8.68. The summed E-state index contributed by atoms with van der Waals surface area (Å²) in [5.74, 6) is -1.08. The highest BCUT2D eigenvalue weighted by Gasteiger charge is 2.20. The molecule has 3 rings (SSSR count). The van der Waals surface area contributed by atoms with E-state index >= 15 is 0 Å². The Morgan fingerprint density at radius 3 is 2.28 bits per heavy atom. The number of rotatable bonds is 8. The van der Waals surface area contributed by atoms with E-state index in [0.29, 0.717) is 12.1 Å². The van der Waals surface area contributed by atoms with Gasteiger partial charge in [-0.25, -0.2) is 4.79 Å². The predicted octanol–water partition coefficient (Wildman–Crippen LogP) is 3.54. The van der Waals surface area contributed by atoms with Gasteiger partial charge in [0.1, 0.15) is 10.6 Å². The molecule has 166 valence electrons. The van der Waals surface area contributed by atoms with Crippen molar-refractivity contribution >= 4 is 22.0 Å². The molecule has 0 radical (unpaired) electrons. The van der Waals surface area contributed by atoms with Crippen LogP contribution in [0, 0.1) is 13.8 Å². The van der Waals surface area contributed by atoms with E-state index in [1.807, 2.05) is 36.4 Å². The first-order chi connectivity index (χ1) is 15.2. The molecule has 0 bridgehead atoms. The molecule has 8 heteroatoms. The zero-order chi connectivity index (χ0) is 23.1. The highest BCUT2D eigenvalue weighted by atomic mass is 32.2. The van der Waals surface area contributed by atoms with Crippen molar-refractivity contribution in [3.8, 4) is 5.75 Å². The number of nitrogens with one attached hydrogen (secondary N) is 1. The number of hydrogen-bond donors (Lipinski definition) is 1. The molecule has 0 unspecified atom stereocenters. The summed E-state index contributed by atoms with van der Waals surface area (Å²) in [5.41, 5.74) is 2.46. The van der Waals surface area contributed by atoms with E-state index in [-0.39, 0.29) is 16.2 Å². The predicted molar refractivity (Wildman–Crippen MR) is 119 cm³/mol. The SMILES string of the molecule is Cc1ccc(C)c(S(=O)(=O)Oc2ccc(C(=O)OCC(=O)NCc3ccccc3)cc2)c1. The van der Waals surface area contributed by atoms with Crippen LogP contribution < -0.4 is 9.50 Å². The molecule has 0 atom stereocenters. The Labute approximate surface area is 187 Å². The minimum absolute atomic E-state index is 0.0584. The Morgan fingerprint density at radius 2 is 1.59 bits per heavy atom. The molecule has 7 nitrogen and oxygen atoms in total. The zero-order valence-corrected chi connectivity index (χ0v) is 18.5. The lowest BCUT2D eigenvalue weighted by molar-refractivity contribution is -0.124. The molecule has 0 aliphatic carbocycles.